The van der Waals surface area contributed by atoms with Gasteiger partial charge in [-0.2, -0.15) is 0 Å². The Morgan fingerprint density at radius 2 is 1.74 bits per heavy atom. The fourth-order valence-electron chi connectivity index (χ4n) is 3.92. The summed E-state index contributed by atoms with van der Waals surface area (Å²) in [6.45, 7) is 3.04. The van der Waals surface area contributed by atoms with Crippen LogP contribution >= 0.6 is 0 Å². The maximum absolute atomic E-state index is 13.1. The molecule has 7 nitrogen and oxygen atoms in total. The molecule has 1 fully saturated rings. The number of aryl methyl sites for hydroxylation is 1. The number of fused-ring (bicyclic) bond motifs is 1. The molecule has 1 saturated heterocycles. The van der Waals surface area contributed by atoms with Crippen LogP contribution in [0.15, 0.2) is 71.8 Å². The Morgan fingerprint density at radius 1 is 0.968 bits per heavy atom. The predicted molar refractivity (Wildman–Crippen MR) is 123 cm³/mol. The van der Waals surface area contributed by atoms with Gasteiger partial charge >= 0.3 is 0 Å². The van der Waals surface area contributed by atoms with Crippen LogP contribution in [0.25, 0.3) is 22.2 Å². The smallest absolute Gasteiger partial charge is 0.293 e. The van der Waals surface area contributed by atoms with E-state index in [1.165, 1.54) is 0 Å². The molecule has 0 amide bonds. The van der Waals surface area contributed by atoms with E-state index in [1.807, 2.05) is 48.5 Å². The highest BCUT2D eigenvalue weighted by atomic mass is 16.5. The van der Waals surface area contributed by atoms with Crippen LogP contribution in [0.1, 0.15) is 0 Å². The topological polar surface area (TPSA) is 72.3 Å². The first-order valence-corrected chi connectivity index (χ1v) is 10.3. The molecule has 0 aliphatic carbocycles. The van der Waals surface area contributed by atoms with E-state index >= 15 is 0 Å². The number of nitrogens with zero attached hydrogens (tertiary/aromatic N) is 4. The van der Waals surface area contributed by atoms with Crippen LogP contribution in [0, 0.1) is 0 Å². The highest BCUT2D eigenvalue weighted by molar-refractivity contribution is 5.83. The van der Waals surface area contributed by atoms with Crippen molar-refractivity contribution in [3.8, 4) is 11.1 Å². The zero-order valence-corrected chi connectivity index (χ0v) is 17.3. The number of nitrogens with one attached hydrogen (secondary N) is 1. The average molecular weight is 413 g/mol. The molecule has 1 N–H and O–H groups in total. The van der Waals surface area contributed by atoms with Crippen molar-refractivity contribution >= 4 is 28.2 Å². The molecule has 4 aromatic rings. The number of hydrogen-bond donors (Lipinski definition) is 1. The van der Waals surface area contributed by atoms with Crippen molar-refractivity contribution in [3.63, 3.8) is 0 Å². The third-order valence-corrected chi connectivity index (χ3v) is 5.60. The van der Waals surface area contributed by atoms with Gasteiger partial charge in [0, 0.05) is 32.5 Å². The highest BCUT2D eigenvalue weighted by Gasteiger charge is 2.16. The second-order valence-corrected chi connectivity index (χ2v) is 7.51. The van der Waals surface area contributed by atoms with E-state index in [0.29, 0.717) is 19.0 Å². The lowest BCUT2D eigenvalue weighted by Crippen LogP contribution is -2.36. The molecular weight excluding hydrogens is 390 g/mol. The molecule has 0 saturated carbocycles. The number of pyridine rings is 1. The number of para-hydroxylation sites is 2. The maximum Gasteiger partial charge on any atom is 0.293 e. The van der Waals surface area contributed by atoms with Crippen LogP contribution in [-0.2, 0) is 11.8 Å². The lowest BCUT2D eigenvalue weighted by Gasteiger charge is -2.30. The molecule has 31 heavy (non-hydrogen) atoms. The number of ether oxygens (including phenoxy) is 1. The predicted octanol–water partition coefficient (Wildman–Crippen LogP) is 3.58. The lowest BCUT2D eigenvalue weighted by atomic mass is 10.1. The molecule has 156 valence electrons. The standard InChI is InChI=1S/C24H23N5O2/c1-28-22-16-18(17-8-10-25-11-9-17)6-7-20(22)27-23(24(28)30)26-19-4-2-3-5-21(19)29-12-14-31-15-13-29/h2-11,16H,12-15H2,1H3,(H,26,27). The maximum atomic E-state index is 13.1. The lowest BCUT2D eigenvalue weighted by molar-refractivity contribution is 0.123. The molecule has 2 aromatic heterocycles. The van der Waals surface area contributed by atoms with Crippen molar-refractivity contribution in [2.75, 3.05) is 36.5 Å². The Hall–Kier alpha value is -3.71. The van der Waals surface area contributed by atoms with E-state index < -0.39 is 0 Å². The quantitative estimate of drug-likeness (QED) is 0.551. The normalized spacial score (nSPS) is 14.0. The molecule has 1 aliphatic rings. The van der Waals surface area contributed by atoms with E-state index in [2.05, 4.69) is 26.3 Å². The summed E-state index contributed by atoms with van der Waals surface area (Å²) in [5.41, 5.74) is 5.34. The number of benzene rings is 2. The Labute approximate surface area is 179 Å². The first kappa shape index (κ1) is 19.3. The second-order valence-electron chi connectivity index (χ2n) is 7.51. The van der Waals surface area contributed by atoms with Crippen molar-refractivity contribution in [2.45, 2.75) is 0 Å². The van der Waals surface area contributed by atoms with Gasteiger partial charge in [-0.25, -0.2) is 4.98 Å². The summed E-state index contributed by atoms with van der Waals surface area (Å²) in [7, 11) is 1.78. The zero-order chi connectivity index (χ0) is 21.2. The third kappa shape index (κ3) is 3.75. The van der Waals surface area contributed by atoms with Crippen LogP contribution in [0.4, 0.5) is 17.2 Å². The first-order chi connectivity index (χ1) is 15.2. The number of anilines is 3. The molecule has 0 radical (unpaired) electrons. The largest absolute Gasteiger partial charge is 0.378 e. The van der Waals surface area contributed by atoms with Crippen LogP contribution in [0.5, 0.6) is 0 Å². The highest BCUT2D eigenvalue weighted by Crippen LogP contribution is 2.29. The van der Waals surface area contributed by atoms with Crippen LogP contribution in [0.2, 0.25) is 0 Å². The van der Waals surface area contributed by atoms with Gasteiger partial charge in [-0.15, -0.1) is 0 Å². The molecule has 0 atom stereocenters. The minimum atomic E-state index is -0.170. The molecule has 5 rings (SSSR count). The molecule has 0 bridgehead atoms. The summed E-state index contributed by atoms with van der Waals surface area (Å²) >= 11 is 0. The van der Waals surface area contributed by atoms with Gasteiger partial charge in [-0.05, 0) is 47.5 Å². The summed E-state index contributed by atoms with van der Waals surface area (Å²) < 4.78 is 7.12. The Morgan fingerprint density at radius 3 is 2.55 bits per heavy atom. The van der Waals surface area contributed by atoms with E-state index in [-0.39, 0.29) is 5.56 Å². The van der Waals surface area contributed by atoms with Crippen LogP contribution in [-0.4, -0.2) is 40.8 Å². The summed E-state index contributed by atoms with van der Waals surface area (Å²) in [6, 6.07) is 17.8. The summed E-state index contributed by atoms with van der Waals surface area (Å²) in [5, 5.41) is 3.28. The van der Waals surface area contributed by atoms with Gasteiger partial charge < -0.3 is 19.5 Å². The van der Waals surface area contributed by atoms with Crippen molar-refractivity contribution in [2.24, 2.45) is 7.05 Å². The minimum Gasteiger partial charge on any atom is -0.378 e. The van der Waals surface area contributed by atoms with Crippen molar-refractivity contribution in [1.29, 1.82) is 0 Å². The van der Waals surface area contributed by atoms with Gasteiger partial charge in [0.05, 0.1) is 35.6 Å². The number of aromatic nitrogens is 3. The van der Waals surface area contributed by atoms with Gasteiger partial charge in [-0.1, -0.05) is 18.2 Å². The number of rotatable bonds is 4. The number of morpholine rings is 1. The molecule has 2 aromatic carbocycles. The van der Waals surface area contributed by atoms with Crippen LogP contribution in [0.3, 0.4) is 0 Å². The fraction of sp³-hybridized carbons (Fsp3) is 0.208. The fourth-order valence-corrected chi connectivity index (χ4v) is 3.92. The van der Waals surface area contributed by atoms with Crippen LogP contribution < -0.4 is 15.8 Å². The first-order valence-electron chi connectivity index (χ1n) is 10.3. The average Bonchev–Trinajstić information content (AvgIpc) is 2.84. The molecule has 3 heterocycles. The Bertz CT molecular complexity index is 1280. The molecule has 0 spiro atoms. The molecule has 0 unspecified atom stereocenters. The van der Waals surface area contributed by atoms with Gasteiger partial charge in [-0.3, -0.25) is 9.78 Å². The van der Waals surface area contributed by atoms with Crippen molar-refractivity contribution < 1.29 is 4.74 Å². The summed E-state index contributed by atoms with van der Waals surface area (Å²) in [4.78, 5) is 24.1. The SMILES string of the molecule is Cn1c(=O)c(Nc2ccccc2N2CCOCC2)nc2ccc(-c3ccncc3)cc21. The van der Waals surface area contributed by atoms with Gasteiger partial charge in [0.1, 0.15) is 0 Å². The third-order valence-electron chi connectivity index (χ3n) is 5.60. The Balaban J connectivity index is 1.53. The summed E-state index contributed by atoms with van der Waals surface area (Å²) in [6.07, 6.45) is 3.52. The van der Waals surface area contributed by atoms with E-state index in [0.717, 1.165) is 46.6 Å². The summed E-state index contributed by atoms with van der Waals surface area (Å²) in [5.74, 6) is 0.312. The van der Waals surface area contributed by atoms with E-state index in [4.69, 9.17) is 4.74 Å². The molecular formula is C24H23N5O2. The second kappa shape index (κ2) is 8.20. The zero-order valence-electron chi connectivity index (χ0n) is 17.3. The minimum absolute atomic E-state index is 0.170. The van der Waals surface area contributed by atoms with Crippen molar-refractivity contribution in [3.05, 3.63) is 77.3 Å². The van der Waals surface area contributed by atoms with Gasteiger partial charge in [0.15, 0.2) is 5.82 Å². The van der Waals surface area contributed by atoms with Crippen molar-refractivity contribution in [1.82, 2.24) is 14.5 Å². The van der Waals surface area contributed by atoms with Gasteiger partial charge in [0.25, 0.3) is 5.56 Å². The van der Waals surface area contributed by atoms with E-state index in [9.17, 15) is 4.79 Å². The molecule has 7 heteroatoms. The number of hydrogen-bond acceptors (Lipinski definition) is 6. The monoisotopic (exact) mass is 413 g/mol. The Kier molecular flexibility index (Phi) is 5.09. The molecule has 1 aliphatic heterocycles. The van der Waals surface area contributed by atoms with E-state index in [1.54, 1.807) is 24.0 Å². The van der Waals surface area contributed by atoms with Gasteiger partial charge in [0.2, 0.25) is 0 Å².